The second kappa shape index (κ2) is 8.92. The predicted molar refractivity (Wildman–Crippen MR) is 121 cm³/mol. The highest BCUT2D eigenvalue weighted by atomic mass is 16.5. The average molecular weight is 415 g/mol. The third-order valence-electron chi connectivity index (χ3n) is 5.34. The third-order valence-corrected chi connectivity index (χ3v) is 5.34. The van der Waals surface area contributed by atoms with Crippen LogP contribution in [0.3, 0.4) is 0 Å². The van der Waals surface area contributed by atoms with Crippen LogP contribution in [0.2, 0.25) is 0 Å². The summed E-state index contributed by atoms with van der Waals surface area (Å²) in [6.07, 6.45) is 0. The number of methoxy groups -OCH3 is 2. The van der Waals surface area contributed by atoms with Crippen LogP contribution in [-0.2, 0) is 11.3 Å². The minimum atomic E-state index is -0.487. The van der Waals surface area contributed by atoms with Gasteiger partial charge in [-0.1, -0.05) is 60.7 Å². The number of hydrogen-bond acceptors (Lipinski definition) is 4. The van der Waals surface area contributed by atoms with Crippen LogP contribution in [0.5, 0.6) is 11.5 Å². The first-order valence-corrected chi connectivity index (χ1v) is 10.1. The molecule has 158 valence electrons. The van der Waals surface area contributed by atoms with Gasteiger partial charge in [-0.25, -0.2) is 0 Å². The molecule has 0 aliphatic carbocycles. The van der Waals surface area contributed by atoms with Crippen molar-refractivity contribution < 1.29 is 14.3 Å². The molecule has 31 heavy (non-hydrogen) atoms. The maximum absolute atomic E-state index is 13.0. The quantitative estimate of drug-likeness (QED) is 0.479. The Bertz CT molecular complexity index is 1200. The molecule has 6 heteroatoms. The molecule has 0 radical (unpaired) electrons. The smallest absolute Gasteiger partial charge is 0.244 e. The molecule has 6 nitrogen and oxygen atoms in total. The normalized spacial score (nSPS) is 11.8. The van der Waals surface area contributed by atoms with Crippen molar-refractivity contribution in [2.45, 2.75) is 19.5 Å². The Morgan fingerprint density at radius 1 is 0.968 bits per heavy atom. The van der Waals surface area contributed by atoms with Crippen LogP contribution >= 0.6 is 0 Å². The molecule has 1 heterocycles. The summed E-state index contributed by atoms with van der Waals surface area (Å²) in [5, 5.41) is 8.83. The summed E-state index contributed by atoms with van der Waals surface area (Å²) >= 11 is 0. The molecule has 0 bridgehead atoms. The molecule has 3 aromatic carbocycles. The Morgan fingerprint density at radius 2 is 1.71 bits per heavy atom. The number of rotatable bonds is 7. The first-order valence-electron chi connectivity index (χ1n) is 10.1. The summed E-state index contributed by atoms with van der Waals surface area (Å²) in [6.45, 7) is 2.18. The molecule has 0 aliphatic heterocycles. The summed E-state index contributed by atoms with van der Waals surface area (Å²) in [6, 6.07) is 23.1. The van der Waals surface area contributed by atoms with E-state index in [1.54, 1.807) is 18.9 Å². The fourth-order valence-corrected chi connectivity index (χ4v) is 3.73. The van der Waals surface area contributed by atoms with Crippen molar-refractivity contribution in [2.24, 2.45) is 0 Å². The van der Waals surface area contributed by atoms with Crippen molar-refractivity contribution in [2.75, 3.05) is 14.2 Å². The molecule has 1 unspecified atom stereocenters. The van der Waals surface area contributed by atoms with E-state index < -0.39 is 6.04 Å². The van der Waals surface area contributed by atoms with Crippen LogP contribution in [0, 0.1) is 0 Å². The molecule has 1 atom stereocenters. The molecule has 0 saturated heterocycles. The zero-order valence-corrected chi connectivity index (χ0v) is 17.8. The Kier molecular flexibility index (Phi) is 5.89. The van der Waals surface area contributed by atoms with E-state index in [0.717, 1.165) is 27.7 Å². The fourth-order valence-electron chi connectivity index (χ4n) is 3.73. The number of para-hydroxylation sites is 2. The monoisotopic (exact) mass is 415 g/mol. The van der Waals surface area contributed by atoms with Gasteiger partial charge in [-0.05, 0) is 19.1 Å². The molecule has 4 aromatic rings. The zero-order valence-electron chi connectivity index (χ0n) is 17.8. The molecule has 0 aliphatic rings. The first-order chi connectivity index (χ1) is 15.1. The van der Waals surface area contributed by atoms with Gasteiger partial charge >= 0.3 is 0 Å². The van der Waals surface area contributed by atoms with Crippen molar-refractivity contribution in [3.8, 4) is 22.8 Å². The summed E-state index contributed by atoms with van der Waals surface area (Å²) < 4.78 is 12.6. The zero-order chi connectivity index (χ0) is 21.8. The fraction of sp³-hybridized carbons (Fsp3) is 0.200. The van der Waals surface area contributed by atoms with Crippen LogP contribution in [0.4, 0.5) is 0 Å². The molecular formula is C25H25N3O3. The standard InChI is InChI=1S/C25H25N3O3/c1-17(25(29)26-16-19-12-9-15-22(30-2)24(19)31-3)28-21-14-8-7-13-20(21)23(27-28)18-10-5-4-6-11-18/h4-15,17H,16H2,1-3H3,(H,26,29). The number of amides is 1. The Hall–Kier alpha value is -3.80. The van der Waals surface area contributed by atoms with Gasteiger partial charge in [-0.3, -0.25) is 9.48 Å². The topological polar surface area (TPSA) is 65.4 Å². The predicted octanol–water partition coefficient (Wildman–Crippen LogP) is 4.60. The highest BCUT2D eigenvalue weighted by Crippen LogP contribution is 2.31. The van der Waals surface area contributed by atoms with Gasteiger partial charge in [0.2, 0.25) is 5.91 Å². The van der Waals surface area contributed by atoms with E-state index in [0.29, 0.717) is 18.0 Å². The lowest BCUT2D eigenvalue weighted by Crippen LogP contribution is -2.31. The van der Waals surface area contributed by atoms with Crippen molar-refractivity contribution in [1.29, 1.82) is 0 Å². The molecule has 1 N–H and O–H groups in total. The number of carbonyl (C=O) groups excluding carboxylic acids is 1. The highest BCUT2D eigenvalue weighted by Gasteiger charge is 2.21. The lowest BCUT2D eigenvalue weighted by molar-refractivity contribution is -0.124. The second-order valence-electron chi connectivity index (χ2n) is 7.22. The van der Waals surface area contributed by atoms with Crippen LogP contribution in [0.15, 0.2) is 72.8 Å². The van der Waals surface area contributed by atoms with Gasteiger partial charge in [0.15, 0.2) is 11.5 Å². The molecule has 1 aromatic heterocycles. The number of hydrogen-bond donors (Lipinski definition) is 1. The second-order valence-corrected chi connectivity index (χ2v) is 7.22. The maximum Gasteiger partial charge on any atom is 0.244 e. The van der Waals surface area contributed by atoms with Crippen LogP contribution in [0.25, 0.3) is 22.2 Å². The first kappa shape index (κ1) is 20.5. The van der Waals surface area contributed by atoms with Gasteiger partial charge in [0.05, 0.1) is 19.7 Å². The Balaban J connectivity index is 1.60. The van der Waals surface area contributed by atoms with Crippen molar-refractivity contribution >= 4 is 16.8 Å². The minimum absolute atomic E-state index is 0.127. The van der Waals surface area contributed by atoms with Crippen LogP contribution in [0.1, 0.15) is 18.5 Å². The van der Waals surface area contributed by atoms with Crippen LogP contribution < -0.4 is 14.8 Å². The minimum Gasteiger partial charge on any atom is -0.493 e. The van der Waals surface area contributed by atoms with E-state index in [9.17, 15) is 4.79 Å². The number of nitrogens with zero attached hydrogens (tertiary/aromatic N) is 2. The number of carbonyl (C=O) groups is 1. The summed E-state index contributed by atoms with van der Waals surface area (Å²) in [5.41, 5.74) is 3.65. The molecule has 0 spiro atoms. The van der Waals surface area contributed by atoms with E-state index in [2.05, 4.69) is 5.32 Å². The highest BCUT2D eigenvalue weighted by molar-refractivity contribution is 5.94. The van der Waals surface area contributed by atoms with Crippen molar-refractivity contribution in [3.05, 3.63) is 78.4 Å². The van der Waals surface area contributed by atoms with Crippen molar-refractivity contribution in [1.82, 2.24) is 15.1 Å². The molecular weight excluding hydrogens is 390 g/mol. The average Bonchev–Trinajstić information content (AvgIpc) is 3.22. The largest absolute Gasteiger partial charge is 0.493 e. The number of ether oxygens (including phenoxy) is 2. The van der Waals surface area contributed by atoms with E-state index in [1.807, 2.05) is 79.7 Å². The van der Waals surface area contributed by atoms with Gasteiger partial charge in [0.1, 0.15) is 11.7 Å². The lowest BCUT2D eigenvalue weighted by atomic mass is 10.1. The number of nitrogens with one attached hydrogen (secondary N) is 1. The Labute approximate surface area is 181 Å². The van der Waals surface area contributed by atoms with E-state index in [1.165, 1.54) is 0 Å². The van der Waals surface area contributed by atoms with E-state index in [-0.39, 0.29) is 5.91 Å². The van der Waals surface area contributed by atoms with Gasteiger partial charge in [-0.15, -0.1) is 0 Å². The number of fused-ring (bicyclic) bond motifs is 1. The van der Waals surface area contributed by atoms with Gasteiger partial charge in [-0.2, -0.15) is 5.10 Å². The van der Waals surface area contributed by atoms with Crippen LogP contribution in [-0.4, -0.2) is 29.9 Å². The lowest BCUT2D eigenvalue weighted by Gasteiger charge is -2.16. The molecule has 4 rings (SSSR count). The van der Waals surface area contributed by atoms with Gasteiger partial charge in [0, 0.05) is 23.1 Å². The van der Waals surface area contributed by atoms with E-state index in [4.69, 9.17) is 14.6 Å². The molecule has 0 saturated carbocycles. The summed E-state index contributed by atoms with van der Waals surface area (Å²) in [7, 11) is 3.18. The summed E-state index contributed by atoms with van der Waals surface area (Å²) in [5.74, 6) is 1.12. The van der Waals surface area contributed by atoms with Gasteiger partial charge < -0.3 is 14.8 Å². The third kappa shape index (κ3) is 3.97. The molecule has 1 amide bonds. The Morgan fingerprint density at radius 3 is 2.45 bits per heavy atom. The molecule has 0 fully saturated rings. The summed E-state index contributed by atoms with van der Waals surface area (Å²) in [4.78, 5) is 13.0. The maximum atomic E-state index is 13.0. The van der Waals surface area contributed by atoms with Gasteiger partial charge in [0.25, 0.3) is 0 Å². The number of aromatic nitrogens is 2. The number of benzene rings is 3. The SMILES string of the molecule is COc1cccc(CNC(=O)C(C)n2nc(-c3ccccc3)c3ccccc32)c1OC. The van der Waals surface area contributed by atoms with Crippen molar-refractivity contribution in [3.63, 3.8) is 0 Å². The van der Waals surface area contributed by atoms with E-state index >= 15 is 0 Å².